The Morgan fingerprint density at radius 1 is 1.14 bits per heavy atom. The van der Waals surface area contributed by atoms with Crippen molar-refractivity contribution in [3.63, 3.8) is 0 Å². The molecule has 0 aromatic carbocycles. The van der Waals surface area contributed by atoms with E-state index in [-0.39, 0.29) is 31.3 Å². The van der Waals surface area contributed by atoms with Crippen molar-refractivity contribution in [2.75, 3.05) is 32.3 Å². The molecular weight excluding hydrogens is 418 g/mol. The minimum Gasteiger partial charge on any atom is -0.464 e. The maximum absolute atomic E-state index is 12.6. The van der Waals surface area contributed by atoms with Gasteiger partial charge in [-0.3, -0.25) is 9.63 Å². The summed E-state index contributed by atoms with van der Waals surface area (Å²) in [6.45, 7) is 0.818. The second-order valence-electron chi connectivity index (χ2n) is 5.84. The third kappa shape index (κ3) is 9.27. The number of rotatable bonds is 12. The van der Waals surface area contributed by atoms with Crippen LogP contribution in [0.3, 0.4) is 0 Å². The minimum atomic E-state index is -1.11. The predicted octanol–water partition coefficient (Wildman–Crippen LogP) is 0.791. The Labute approximate surface area is 169 Å². The first-order chi connectivity index (χ1) is 13.7. The Morgan fingerprint density at radius 2 is 1.83 bits per heavy atom. The van der Waals surface area contributed by atoms with Crippen LogP contribution in [0.1, 0.15) is 26.2 Å². The molecule has 0 N–H and O–H groups in total. The number of ether oxygens (including phenoxy) is 2. The lowest BCUT2D eigenvalue weighted by molar-refractivity contribution is -0.765. The second-order valence-corrected chi connectivity index (χ2v) is 6.80. The van der Waals surface area contributed by atoms with Gasteiger partial charge in [-0.05, 0) is 24.6 Å². The zero-order valence-electron chi connectivity index (χ0n) is 15.6. The number of carbonyl (C=O) groups is 3. The first kappa shape index (κ1) is 24.2. The van der Waals surface area contributed by atoms with Crippen molar-refractivity contribution >= 4 is 28.9 Å². The van der Waals surface area contributed by atoms with E-state index in [9.17, 15) is 34.6 Å². The lowest BCUT2D eigenvalue weighted by atomic mass is 10.1. The van der Waals surface area contributed by atoms with Crippen LogP contribution in [0.15, 0.2) is 0 Å². The lowest BCUT2D eigenvalue weighted by Crippen LogP contribution is -2.44. The normalized spacial score (nSPS) is 16.6. The molecule has 0 radical (unpaired) electrons. The van der Waals surface area contributed by atoms with Crippen molar-refractivity contribution in [3.8, 4) is 0 Å². The molecule has 0 aliphatic carbocycles. The highest BCUT2D eigenvalue weighted by Crippen LogP contribution is 2.23. The summed E-state index contributed by atoms with van der Waals surface area (Å²) in [6.07, 6.45) is 1.18. The van der Waals surface area contributed by atoms with Gasteiger partial charge >= 0.3 is 11.3 Å². The van der Waals surface area contributed by atoms with E-state index in [2.05, 4.69) is 14.4 Å². The van der Waals surface area contributed by atoms with Crippen LogP contribution in [0.4, 0.5) is 4.79 Å². The van der Waals surface area contributed by atoms with Crippen LogP contribution >= 0.6 is 11.8 Å². The van der Waals surface area contributed by atoms with Gasteiger partial charge in [0.25, 0.3) is 10.2 Å². The molecule has 1 rings (SSSR count). The van der Waals surface area contributed by atoms with E-state index in [1.165, 1.54) is 4.90 Å². The number of likely N-dealkylation sites (tertiary alicyclic amines) is 1. The number of hydrogen-bond acceptors (Lipinski definition) is 12. The highest BCUT2D eigenvalue weighted by atomic mass is 32.2. The number of thioether (sulfide) groups is 1. The maximum Gasteiger partial charge on any atom is 0.369 e. The monoisotopic (exact) mass is 439 g/mol. The largest absolute Gasteiger partial charge is 0.464 e. The molecule has 2 atom stereocenters. The lowest BCUT2D eigenvalue weighted by Gasteiger charge is -2.26. The smallest absolute Gasteiger partial charge is 0.369 e. The van der Waals surface area contributed by atoms with Gasteiger partial charge in [-0.25, -0.2) is 9.59 Å². The Bertz CT molecular complexity index is 618. The summed E-state index contributed by atoms with van der Waals surface area (Å²) in [7, 11) is 0. The Kier molecular flexibility index (Phi) is 10.5. The van der Waals surface area contributed by atoms with E-state index in [1.807, 2.05) is 0 Å². The van der Waals surface area contributed by atoms with Gasteiger partial charge in [0, 0.05) is 24.6 Å². The van der Waals surface area contributed by atoms with Crippen LogP contribution in [0.2, 0.25) is 0 Å². The standard InChI is InChI=1S/C14H21N3O11S/c1-10(8-29-14(20)26-9-28-17(23)24)12(18)15-5-2-4-11(15)13(19)25-6-3-7-27-16(21)22/h10-11H,2-9H2,1H3/t10-,11+/m1/s1. The van der Waals surface area contributed by atoms with Gasteiger partial charge < -0.3 is 19.2 Å². The number of amides is 1. The SMILES string of the molecule is C[C@H](CSC(=O)OCO[N+](=O)[O-])C(=O)N1CCC[C@H]1C(=O)OCCCO[N+](=O)[O-]. The number of esters is 1. The molecule has 1 aliphatic heterocycles. The third-order valence-electron chi connectivity index (χ3n) is 3.75. The highest BCUT2D eigenvalue weighted by Gasteiger charge is 2.37. The van der Waals surface area contributed by atoms with E-state index in [0.717, 1.165) is 0 Å². The quantitative estimate of drug-likeness (QED) is 0.137. The molecule has 29 heavy (non-hydrogen) atoms. The molecule has 0 aromatic rings. The Balaban J connectivity index is 2.38. The fraction of sp³-hybridized carbons (Fsp3) is 0.786. The first-order valence-electron chi connectivity index (χ1n) is 8.53. The predicted molar refractivity (Wildman–Crippen MR) is 94.3 cm³/mol. The average molecular weight is 439 g/mol. The number of hydrogen-bond donors (Lipinski definition) is 0. The molecule has 1 heterocycles. The van der Waals surface area contributed by atoms with Crippen molar-refractivity contribution in [2.45, 2.75) is 32.2 Å². The molecule has 164 valence electrons. The van der Waals surface area contributed by atoms with Crippen molar-refractivity contribution < 1.29 is 43.7 Å². The fourth-order valence-corrected chi connectivity index (χ4v) is 3.11. The zero-order chi connectivity index (χ0) is 21.8. The number of nitrogens with zero attached hydrogens (tertiary/aromatic N) is 3. The molecule has 1 saturated heterocycles. The Morgan fingerprint density at radius 3 is 2.48 bits per heavy atom. The maximum atomic E-state index is 12.6. The van der Waals surface area contributed by atoms with Gasteiger partial charge in [-0.15, -0.1) is 20.2 Å². The Hall–Kier alpha value is -2.84. The second kappa shape index (κ2) is 12.6. The van der Waals surface area contributed by atoms with E-state index >= 15 is 0 Å². The van der Waals surface area contributed by atoms with Crippen LogP contribution in [-0.2, 0) is 28.7 Å². The molecule has 1 amide bonds. The summed E-state index contributed by atoms with van der Waals surface area (Å²) in [5.41, 5.74) is 0. The zero-order valence-corrected chi connectivity index (χ0v) is 16.4. The van der Waals surface area contributed by atoms with Crippen LogP contribution in [0.5, 0.6) is 0 Å². The van der Waals surface area contributed by atoms with Crippen LogP contribution in [0, 0.1) is 26.1 Å². The molecule has 0 bridgehead atoms. The van der Waals surface area contributed by atoms with Crippen molar-refractivity contribution in [2.24, 2.45) is 5.92 Å². The molecule has 0 aromatic heterocycles. The molecule has 15 heteroatoms. The van der Waals surface area contributed by atoms with Gasteiger partial charge in [0.2, 0.25) is 12.7 Å². The van der Waals surface area contributed by atoms with E-state index in [0.29, 0.717) is 31.1 Å². The van der Waals surface area contributed by atoms with Gasteiger partial charge in [0.05, 0.1) is 13.2 Å². The van der Waals surface area contributed by atoms with E-state index in [4.69, 9.17) is 4.74 Å². The summed E-state index contributed by atoms with van der Waals surface area (Å²) < 4.78 is 9.50. The summed E-state index contributed by atoms with van der Waals surface area (Å²) in [5, 5.41) is 17.1. The van der Waals surface area contributed by atoms with Gasteiger partial charge in [0.1, 0.15) is 6.04 Å². The summed E-state index contributed by atoms with van der Waals surface area (Å²) >= 11 is 0.658. The minimum absolute atomic E-state index is 0.0482. The van der Waals surface area contributed by atoms with Crippen LogP contribution in [0.25, 0.3) is 0 Å². The molecule has 0 spiro atoms. The molecule has 0 unspecified atom stereocenters. The third-order valence-corrected chi connectivity index (χ3v) is 4.77. The molecule has 1 aliphatic rings. The topological polar surface area (TPSA) is 178 Å². The van der Waals surface area contributed by atoms with Gasteiger partial charge in [-0.1, -0.05) is 6.92 Å². The summed E-state index contributed by atoms with van der Waals surface area (Å²) in [5.74, 6) is -1.52. The van der Waals surface area contributed by atoms with E-state index in [1.54, 1.807) is 6.92 Å². The number of carbonyl (C=O) groups excluding carboxylic acids is 3. The highest BCUT2D eigenvalue weighted by molar-refractivity contribution is 8.13. The summed E-state index contributed by atoms with van der Waals surface area (Å²) in [6, 6.07) is -0.758. The molecule has 0 saturated carbocycles. The molecule has 1 fully saturated rings. The van der Waals surface area contributed by atoms with Gasteiger partial charge in [-0.2, -0.15) is 0 Å². The van der Waals surface area contributed by atoms with Crippen molar-refractivity contribution in [1.82, 2.24) is 4.90 Å². The summed E-state index contributed by atoms with van der Waals surface area (Å²) in [4.78, 5) is 65.5. The fourth-order valence-electron chi connectivity index (χ4n) is 2.45. The first-order valence-corrected chi connectivity index (χ1v) is 9.52. The average Bonchev–Trinajstić information content (AvgIpc) is 3.14. The molecular formula is C14H21N3O11S. The van der Waals surface area contributed by atoms with Crippen LogP contribution < -0.4 is 0 Å². The van der Waals surface area contributed by atoms with Gasteiger partial charge in [0.15, 0.2) is 0 Å². The van der Waals surface area contributed by atoms with Crippen molar-refractivity contribution in [3.05, 3.63) is 20.2 Å². The van der Waals surface area contributed by atoms with E-state index < -0.39 is 40.2 Å². The van der Waals surface area contributed by atoms with Crippen LogP contribution in [-0.4, -0.2) is 70.6 Å². The molecule has 14 nitrogen and oxygen atoms in total. The van der Waals surface area contributed by atoms with Crippen molar-refractivity contribution in [1.29, 1.82) is 0 Å².